The van der Waals surface area contributed by atoms with Crippen LogP contribution in [0.4, 0.5) is 0 Å². The van der Waals surface area contributed by atoms with Crippen molar-refractivity contribution in [2.45, 2.75) is 52.3 Å². The highest BCUT2D eigenvalue weighted by Gasteiger charge is 2.27. The third-order valence-corrected chi connectivity index (χ3v) is 5.70. The molecule has 2 aromatic heterocycles. The molecular weight excluding hydrogens is 350 g/mol. The van der Waals surface area contributed by atoms with E-state index in [0.717, 1.165) is 22.8 Å². The molecule has 140 valence electrons. The molecule has 3 heterocycles. The van der Waals surface area contributed by atoms with Crippen LogP contribution in [-0.2, 0) is 18.7 Å². The van der Waals surface area contributed by atoms with Crippen molar-refractivity contribution >= 4 is 17.7 Å². The minimum Gasteiger partial charge on any atom is -0.456 e. The van der Waals surface area contributed by atoms with E-state index >= 15 is 0 Å². The molecule has 0 atom stereocenters. The van der Waals surface area contributed by atoms with Gasteiger partial charge in [0.05, 0.1) is 12.2 Å². The summed E-state index contributed by atoms with van der Waals surface area (Å²) in [6.45, 7) is 6.68. The summed E-state index contributed by atoms with van der Waals surface area (Å²) in [7, 11) is 0. The molecule has 1 N–H and O–H groups in total. The van der Waals surface area contributed by atoms with Gasteiger partial charge in [-0.05, 0) is 38.5 Å². The number of nitrogens with zero attached hydrogens (tertiary/aromatic N) is 2. The molecule has 0 fully saturated rings. The molecule has 3 rings (SSSR count). The highest BCUT2D eigenvalue weighted by atomic mass is 32.2. The van der Waals surface area contributed by atoms with Crippen molar-refractivity contribution in [3.8, 4) is 0 Å². The Bertz CT molecular complexity index is 856. The molecule has 0 radical (unpaired) electrons. The average Bonchev–Trinajstić information content (AvgIpc) is 2.98. The van der Waals surface area contributed by atoms with E-state index in [4.69, 9.17) is 4.42 Å². The number of nitrogens with one attached hydrogen (secondary N) is 1. The zero-order valence-electron chi connectivity index (χ0n) is 15.6. The number of hydrogen-bond donors (Lipinski definition) is 1. The molecule has 1 aliphatic rings. The second-order valence-electron chi connectivity index (χ2n) is 6.65. The molecule has 0 bridgehead atoms. The molecular formula is C19H25N3O3S. The Hall–Kier alpha value is -2.02. The van der Waals surface area contributed by atoms with Crippen LogP contribution in [0.15, 0.2) is 15.3 Å². The lowest BCUT2D eigenvalue weighted by molar-refractivity contribution is 0.0697. The van der Waals surface area contributed by atoms with Gasteiger partial charge in [-0.1, -0.05) is 13.3 Å². The second-order valence-corrected chi connectivity index (χ2v) is 7.76. The maximum atomic E-state index is 12.8. The molecule has 0 spiro atoms. The third kappa shape index (κ3) is 4.03. The number of rotatable bonds is 6. The number of carbonyl (C=O) groups excluding carboxylic acids is 1. The first-order valence-electron chi connectivity index (χ1n) is 9.04. The number of amides is 1. The van der Waals surface area contributed by atoms with E-state index in [1.807, 2.05) is 24.8 Å². The van der Waals surface area contributed by atoms with Crippen molar-refractivity contribution in [3.05, 3.63) is 50.6 Å². The topological polar surface area (TPSA) is 79.2 Å². The highest BCUT2D eigenvalue weighted by Crippen LogP contribution is 2.23. The second kappa shape index (κ2) is 8.12. The summed E-state index contributed by atoms with van der Waals surface area (Å²) in [5.74, 6) is 3.60. The van der Waals surface area contributed by atoms with Gasteiger partial charge in [0.15, 0.2) is 5.76 Å². The van der Waals surface area contributed by atoms with Crippen molar-refractivity contribution in [2.24, 2.45) is 0 Å². The number of carbonyl (C=O) groups is 1. The summed E-state index contributed by atoms with van der Waals surface area (Å²) in [4.78, 5) is 33.7. The maximum Gasteiger partial charge on any atom is 0.289 e. The van der Waals surface area contributed by atoms with Gasteiger partial charge in [-0.25, -0.2) is 4.98 Å². The van der Waals surface area contributed by atoms with Crippen LogP contribution in [0.3, 0.4) is 0 Å². The van der Waals surface area contributed by atoms with E-state index in [0.29, 0.717) is 42.4 Å². The van der Waals surface area contributed by atoms with Gasteiger partial charge in [0.25, 0.3) is 11.5 Å². The average molecular weight is 375 g/mol. The lowest BCUT2D eigenvalue weighted by Crippen LogP contribution is -2.39. The SMILES string of the molecule is CCCCSCc1cc(C(=O)N2CCc3c(nc(C)[nH]c3=O)C2)oc1C. The summed E-state index contributed by atoms with van der Waals surface area (Å²) in [5.41, 5.74) is 2.35. The molecule has 6 nitrogen and oxygen atoms in total. The quantitative estimate of drug-likeness (QED) is 0.784. The Morgan fingerprint density at radius 1 is 1.42 bits per heavy atom. The van der Waals surface area contributed by atoms with Gasteiger partial charge in [0, 0.05) is 23.4 Å². The molecule has 1 aliphatic heterocycles. The van der Waals surface area contributed by atoms with Crippen molar-refractivity contribution in [1.82, 2.24) is 14.9 Å². The minimum atomic E-state index is -0.136. The molecule has 1 amide bonds. The molecule has 0 saturated carbocycles. The molecule has 2 aromatic rings. The van der Waals surface area contributed by atoms with Crippen LogP contribution < -0.4 is 5.56 Å². The molecule has 7 heteroatoms. The predicted octanol–water partition coefficient (Wildman–Crippen LogP) is 3.21. The first-order chi connectivity index (χ1) is 12.5. The van der Waals surface area contributed by atoms with Gasteiger partial charge in [0.2, 0.25) is 0 Å². The Morgan fingerprint density at radius 3 is 3.00 bits per heavy atom. The fraction of sp³-hybridized carbons (Fsp3) is 0.526. The summed E-state index contributed by atoms with van der Waals surface area (Å²) in [6.07, 6.45) is 2.91. The minimum absolute atomic E-state index is 0.0974. The van der Waals surface area contributed by atoms with Gasteiger partial charge < -0.3 is 14.3 Å². The number of H-pyrrole nitrogens is 1. The van der Waals surface area contributed by atoms with Crippen LogP contribution >= 0.6 is 11.8 Å². The number of unbranched alkanes of at least 4 members (excludes halogenated alkanes) is 1. The number of furan rings is 1. The number of aromatic nitrogens is 2. The first kappa shape index (κ1) is 18.8. The van der Waals surface area contributed by atoms with E-state index in [1.165, 1.54) is 12.8 Å². The van der Waals surface area contributed by atoms with Crippen molar-refractivity contribution in [2.75, 3.05) is 12.3 Å². The fourth-order valence-electron chi connectivity index (χ4n) is 3.09. The van der Waals surface area contributed by atoms with Crippen LogP contribution in [0.2, 0.25) is 0 Å². The largest absolute Gasteiger partial charge is 0.456 e. The smallest absolute Gasteiger partial charge is 0.289 e. The lowest BCUT2D eigenvalue weighted by Gasteiger charge is -2.26. The van der Waals surface area contributed by atoms with Gasteiger partial charge in [-0.15, -0.1) is 0 Å². The van der Waals surface area contributed by atoms with E-state index in [2.05, 4.69) is 16.9 Å². The van der Waals surface area contributed by atoms with Crippen molar-refractivity contribution < 1.29 is 9.21 Å². The standard InChI is InChI=1S/C19H25N3O3S/c1-4-5-8-26-11-14-9-17(25-12(14)2)19(24)22-7-6-15-16(10-22)20-13(3)21-18(15)23/h9H,4-8,10-11H2,1-3H3,(H,20,21,23). The van der Waals surface area contributed by atoms with E-state index in [-0.39, 0.29) is 11.5 Å². The fourth-order valence-corrected chi connectivity index (χ4v) is 4.23. The van der Waals surface area contributed by atoms with Gasteiger partial charge in [-0.2, -0.15) is 11.8 Å². The Labute approximate surface area is 157 Å². The normalized spacial score (nSPS) is 13.7. The van der Waals surface area contributed by atoms with Crippen LogP contribution in [0.5, 0.6) is 0 Å². The van der Waals surface area contributed by atoms with Crippen LogP contribution in [0, 0.1) is 13.8 Å². The van der Waals surface area contributed by atoms with E-state index in [9.17, 15) is 9.59 Å². The molecule has 0 aromatic carbocycles. The van der Waals surface area contributed by atoms with Crippen molar-refractivity contribution in [3.63, 3.8) is 0 Å². The number of aromatic amines is 1. The number of thioether (sulfide) groups is 1. The van der Waals surface area contributed by atoms with Crippen molar-refractivity contribution in [1.29, 1.82) is 0 Å². The Balaban J connectivity index is 1.71. The summed E-state index contributed by atoms with van der Waals surface area (Å²) >= 11 is 1.87. The maximum absolute atomic E-state index is 12.8. The summed E-state index contributed by atoms with van der Waals surface area (Å²) < 4.78 is 5.73. The van der Waals surface area contributed by atoms with E-state index < -0.39 is 0 Å². The lowest BCUT2D eigenvalue weighted by atomic mass is 10.1. The molecule has 0 saturated heterocycles. The Kier molecular flexibility index (Phi) is 5.86. The third-order valence-electron chi connectivity index (χ3n) is 4.61. The summed E-state index contributed by atoms with van der Waals surface area (Å²) in [5, 5.41) is 0. The van der Waals surface area contributed by atoms with Gasteiger partial charge in [-0.3, -0.25) is 9.59 Å². The predicted molar refractivity (Wildman–Crippen MR) is 103 cm³/mol. The highest BCUT2D eigenvalue weighted by molar-refractivity contribution is 7.98. The van der Waals surface area contributed by atoms with Crippen LogP contribution in [0.1, 0.15) is 58.7 Å². The van der Waals surface area contributed by atoms with Gasteiger partial charge in [0.1, 0.15) is 11.6 Å². The number of aryl methyl sites for hydroxylation is 2. The molecule has 0 unspecified atom stereocenters. The van der Waals surface area contributed by atoms with Crippen LogP contribution in [-0.4, -0.2) is 33.1 Å². The van der Waals surface area contributed by atoms with Crippen LogP contribution in [0.25, 0.3) is 0 Å². The number of fused-ring (bicyclic) bond motifs is 1. The molecule has 26 heavy (non-hydrogen) atoms. The Morgan fingerprint density at radius 2 is 2.23 bits per heavy atom. The first-order valence-corrected chi connectivity index (χ1v) is 10.2. The summed E-state index contributed by atoms with van der Waals surface area (Å²) in [6, 6.07) is 1.86. The zero-order chi connectivity index (χ0) is 18.7. The number of hydrogen-bond acceptors (Lipinski definition) is 5. The zero-order valence-corrected chi connectivity index (χ0v) is 16.4. The van der Waals surface area contributed by atoms with E-state index in [1.54, 1.807) is 11.8 Å². The molecule has 0 aliphatic carbocycles. The van der Waals surface area contributed by atoms with Gasteiger partial charge >= 0.3 is 0 Å². The monoisotopic (exact) mass is 375 g/mol.